The van der Waals surface area contributed by atoms with Crippen molar-refractivity contribution in [3.8, 4) is 0 Å². The van der Waals surface area contributed by atoms with Crippen molar-refractivity contribution >= 4 is 26.7 Å². The molecule has 1 aliphatic rings. The number of aromatic nitrogens is 3. The fraction of sp³-hybridized carbons (Fsp3) is 0.429. The van der Waals surface area contributed by atoms with E-state index in [9.17, 15) is 8.42 Å². The van der Waals surface area contributed by atoms with E-state index in [1.807, 2.05) is 42.6 Å². The molecule has 7 heteroatoms. The Labute approximate surface area is 209 Å². The van der Waals surface area contributed by atoms with Gasteiger partial charge in [0.05, 0.1) is 16.0 Å². The number of anilines is 1. The second kappa shape index (κ2) is 11.2. The summed E-state index contributed by atoms with van der Waals surface area (Å²) in [7, 11) is -1.30. The lowest BCUT2D eigenvalue weighted by molar-refractivity contribution is 0.341. The molecule has 0 atom stereocenters. The van der Waals surface area contributed by atoms with E-state index in [0.717, 1.165) is 54.5 Å². The molecule has 0 unspecified atom stereocenters. The Bertz CT molecular complexity index is 1290. The van der Waals surface area contributed by atoms with Gasteiger partial charge in [0.15, 0.2) is 9.84 Å². The fourth-order valence-corrected chi connectivity index (χ4v) is 6.70. The number of hydrogen-bond donors (Lipinski definition) is 1. The van der Waals surface area contributed by atoms with Gasteiger partial charge in [-0.2, -0.15) is 0 Å². The molecule has 1 saturated carbocycles. The number of aromatic amines is 1. The molecule has 1 aromatic carbocycles. The number of fused-ring (bicyclic) bond motifs is 1. The first kappa shape index (κ1) is 25.2. The molecule has 2 aromatic heterocycles. The highest BCUT2D eigenvalue weighted by Crippen LogP contribution is 2.32. The van der Waals surface area contributed by atoms with Gasteiger partial charge in [-0.15, -0.1) is 0 Å². The van der Waals surface area contributed by atoms with E-state index in [-0.39, 0.29) is 11.7 Å². The van der Waals surface area contributed by atoms with Gasteiger partial charge in [0.2, 0.25) is 0 Å². The molecule has 186 valence electrons. The number of H-pyrrole nitrogens is 1. The molecule has 0 radical (unpaired) electrons. The molecule has 0 amide bonds. The molecule has 1 N–H and O–H groups in total. The van der Waals surface area contributed by atoms with E-state index < -0.39 is 9.84 Å². The summed E-state index contributed by atoms with van der Waals surface area (Å²) in [5.41, 5.74) is 1.97. The van der Waals surface area contributed by atoms with E-state index in [1.165, 1.54) is 0 Å². The van der Waals surface area contributed by atoms with Crippen LogP contribution in [0.4, 0.5) is 5.82 Å². The van der Waals surface area contributed by atoms with Crippen LogP contribution in [0.5, 0.6) is 0 Å². The van der Waals surface area contributed by atoms with Crippen molar-refractivity contribution in [1.29, 1.82) is 0 Å². The topological polar surface area (TPSA) is 79.0 Å². The molecule has 2 heterocycles. The summed E-state index contributed by atoms with van der Waals surface area (Å²) < 4.78 is 26.8. The molecule has 0 bridgehead atoms. The van der Waals surface area contributed by atoms with Crippen LogP contribution in [0, 0.1) is 11.8 Å². The number of rotatable bonds is 7. The van der Waals surface area contributed by atoms with Crippen molar-refractivity contribution in [2.45, 2.75) is 56.9 Å². The second-order valence-electron chi connectivity index (χ2n) is 10.0. The van der Waals surface area contributed by atoms with Crippen molar-refractivity contribution in [3.63, 3.8) is 0 Å². The highest BCUT2D eigenvalue weighted by Gasteiger charge is 2.29. The summed E-state index contributed by atoms with van der Waals surface area (Å²) in [5, 5.41) is 1.02. The normalized spacial score (nSPS) is 18.4. The van der Waals surface area contributed by atoms with Crippen LogP contribution in [0.15, 0.2) is 72.0 Å². The zero-order valence-electron chi connectivity index (χ0n) is 20.9. The highest BCUT2D eigenvalue weighted by atomic mass is 32.2. The van der Waals surface area contributed by atoms with Gasteiger partial charge in [-0.1, -0.05) is 50.2 Å². The maximum absolute atomic E-state index is 13.4. The number of nitrogens with zero attached hydrogens (tertiary/aromatic N) is 3. The van der Waals surface area contributed by atoms with E-state index in [2.05, 4.69) is 46.8 Å². The lowest BCUT2D eigenvalue weighted by Gasteiger charge is -2.35. The molecule has 1 aliphatic carbocycles. The van der Waals surface area contributed by atoms with Crippen molar-refractivity contribution in [2.24, 2.45) is 11.8 Å². The van der Waals surface area contributed by atoms with Crippen molar-refractivity contribution in [1.82, 2.24) is 15.0 Å². The molecule has 35 heavy (non-hydrogen) atoms. The molecule has 3 aromatic rings. The third-order valence-electron chi connectivity index (χ3n) is 6.86. The third kappa shape index (κ3) is 6.40. The average molecular weight is 493 g/mol. The molecular weight excluding hydrogens is 456 g/mol. The van der Waals surface area contributed by atoms with Crippen LogP contribution >= 0.6 is 0 Å². The van der Waals surface area contributed by atoms with Gasteiger partial charge in [0.1, 0.15) is 17.8 Å². The minimum absolute atomic E-state index is 0.168. The largest absolute Gasteiger partial charge is 0.356 e. The predicted molar refractivity (Wildman–Crippen MR) is 143 cm³/mol. The molecular formula is C28H36N4O2S. The summed E-state index contributed by atoms with van der Waals surface area (Å²) in [6, 6.07) is 17.5. The van der Waals surface area contributed by atoms with Gasteiger partial charge in [-0.05, 0) is 67.7 Å². The number of nitrogens with one attached hydrogen (secondary N) is 1. The third-order valence-corrected chi connectivity index (χ3v) is 8.76. The minimum atomic E-state index is -3.38. The van der Waals surface area contributed by atoms with E-state index in [0.29, 0.717) is 16.9 Å². The van der Waals surface area contributed by atoms with Crippen LogP contribution in [0.3, 0.4) is 0 Å². The molecule has 0 saturated heterocycles. The molecule has 1 fully saturated rings. The van der Waals surface area contributed by atoms with E-state index in [4.69, 9.17) is 0 Å². The van der Waals surface area contributed by atoms with Crippen LogP contribution < -0.4 is 4.90 Å². The number of sulfone groups is 1. The van der Waals surface area contributed by atoms with Gasteiger partial charge < -0.3 is 9.88 Å². The van der Waals surface area contributed by atoms with Crippen LogP contribution in [0.2, 0.25) is 0 Å². The maximum atomic E-state index is 13.4. The maximum Gasteiger partial charge on any atom is 0.178 e. The second-order valence-corrected chi connectivity index (χ2v) is 12.1. The summed E-state index contributed by atoms with van der Waals surface area (Å²) in [5.74, 6) is 1.80. The molecule has 6 nitrogen and oxygen atoms in total. The predicted octanol–water partition coefficient (Wildman–Crippen LogP) is 5.75. The van der Waals surface area contributed by atoms with Gasteiger partial charge in [0, 0.05) is 19.3 Å². The van der Waals surface area contributed by atoms with Crippen LogP contribution in [-0.4, -0.2) is 42.2 Å². The Kier molecular flexibility index (Phi) is 8.06. The average Bonchev–Trinajstić information content (AvgIpc) is 3.31. The minimum Gasteiger partial charge on any atom is -0.356 e. The van der Waals surface area contributed by atoms with Gasteiger partial charge in [-0.25, -0.2) is 18.4 Å². The van der Waals surface area contributed by atoms with Crippen LogP contribution in [0.25, 0.3) is 11.0 Å². The first-order chi connectivity index (χ1) is 16.8. The molecule has 0 aliphatic heterocycles. The monoisotopic (exact) mass is 492 g/mol. The van der Waals surface area contributed by atoms with Crippen LogP contribution in [0.1, 0.15) is 45.1 Å². The molecule has 0 spiro atoms. The quantitative estimate of drug-likeness (QED) is 0.454. The Hall–Kier alpha value is -2.93. The Morgan fingerprint density at radius 2 is 1.71 bits per heavy atom. The van der Waals surface area contributed by atoms with Gasteiger partial charge >= 0.3 is 0 Å². The van der Waals surface area contributed by atoms with Crippen LogP contribution in [-0.2, 0) is 16.3 Å². The Morgan fingerprint density at radius 1 is 0.971 bits per heavy atom. The first-order valence-electron chi connectivity index (χ1n) is 12.5. The van der Waals surface area contributed by atoms with E-state index >= 15 is 0 Å². The Morgan fingerprint density at radius 3 is 2.46 bits per heavy atom. The van der Waals surface area contributed by atoms with Crippen molar-refractivity contribution in [3.05, 3.63) is 72.7 Å². The summed E-state index contributed by atoms with van der Waals surface area (Å²) >= 11 is 0. The lowest BCUT2D eigenvalue weighted by Crippen LogP contribution is -2.37. The van der Waals surface area contributed by atoms with Gasteiger partial charge in [0.25, 0.3) is 0 Å². The van der Waals surface area contributed by atoms with Crippen molar-refractivity contribution < 1.29 is 8.42 Å². The zero-order chi connectivity index (χ0) is 24.8. The van der Waals surface area contributed by atoms with Crippen molar-refractivity contribution in [2.75, 3.05) is 17.7 Å². The highest BCUT2D eigenvalue weighted by molar-refractivity contribution is 7.91. The first-order valence-corrected chi connectivity index (χ1v) is 14.1. The smallest absolute Gasteiger partial charge is 0.178 e. The summed E-state index contributed by atoms with van der Waals surface area (Å²) in [4.78, 5) is 14.6. The summed E-state index contributed by atoms with van der Waals surface area (Å²) in [6.07, 6.45) is 8.08. The standard InChI is InChI=1S/C28H36N4O2S/c1-21(2)18-22-8-6-4-5-7-9-25(15-12-22)35(33,34)19-23-10-13-24(14-11-23)32(3)28-26-16-17-29-27(26)30-20-31-28/h4-9,12,15-17,20-21,23-24H,10-11,13-14,18-19H2,1-3H3,(H,29,30,31). The number of hydrogen-bond acceptors (Lipinski definition) is 5. The summed E-state index contributed by atoms with van der Waals surface area (Å²) in [6.45, 7) is 4.34. The zero-order valence-corrected chi connectivity index (χ0v) is 21.7. The fourth-order valence-electron chi connectivity index (χ4n) is 4.99. The van der Waals surface area contributed by atoms with Gasteiger partial charge in [-0.3, -0.25) is 0 Å². The SMILES string of the molecule is CC(C)Cc1ccccccc(S(=O)(=O)CC2CCC(N(C)c3ncnc4[nH]ccc34)CC2)cc1. The van der Waals surface area contributed by atoms with E-state index in [1.54, 1.807) is 18.5 Å². The Balaban J connectivity index is 1.45. The molecule has 4 rings (SSSR count). The lowest BCUT2D eigenvalue weighted by atomic mass is 9.86.